The predicted molar refractivity (Wildman–Crippen MR) is 96.4 cm³/mol. The van der Waals surface area contributed by atoms with Crippen molar-refractivity contribution in [3.63, 3.8) is 0 Å². The van der Waals surface area contributed by atoms with E-state index in [-0.39, 0.29) is 33.4 Å². The van der Waals surface area contributed by atoms with Gasteiger partial charge in [-0.05, 0) is 48.0 Å². The summed E-state index contributed by atoms with van der Waals surface area (Å²) in [5.74, 6) is -0.148. The summed E-state index contributed by atoms with van der Waals surface area (Å²) in [6.07, 6.45) is -4.63. The number of hydrogen-bond acceptors (Lipinski definition) is 6. The first-order chi connectivity index (χ1) is 14.0. The topological polar surface area (TPSA) is 75.2 Å². The number of nitrogens with zero attached hydrogens (tertiary/aromatic N) is 4. The van der Waals surface area contributed by atoms with Gasteiger partial charge in [-0.15, -0.1) is 10.2 Å². The second-order valence-corrected chi connectivity index (χ2v) is 6.85. The van der Waals surface area contributed by atoms with E-state index in [1.165, 1.54) is 32.2 Å². The fourth-order valence-corrected chi connectivity index (χ4v) is 3.16. The highest BCUT2D eigenvalue weighted by molar-refractivity contribution is 9.10. The van der Waals surface area contributed by atoms with Crippen LogP contribution in [0.1, 0.15) is 30.2 Å². The Morgan fingerprint density at radius 3 is 2.43 bits per heavy atom. The van der Waals surface area contributed by atoms with Crippen LogP contribution in [-0.2, 0) is 6.18 Å². The van der Waals surface area contributed by atoms with Crippen molar-refractivity contribution in [3.05, 3.63) is 40.0 Å². The number of benzene rings is 1. The maximum Gasteiger partial charge on any atom is 0.436 e. The van der Waals surface area contributed by atoms with Crippen molar-refractivity contribution >= 4 is 15.9 Å². The zero-order valence-corrected chi connectivity index (χ0v) is 17.3. The highest BCUT2D eigenvalue weighted by atomic mass is 79.9. The smallest absolute Gasteiger partial charge is 0.436 e. The Morgan fingerprint density at radius 1 is 1.17 bits per heavy atom. The van der Waals surface area contributed by atoms with Gasteiger partial charge in [-0.2, -0.15) is 27.1 Å². The molecule has 0 bridgehead atoms. The molecule has 2 aromatic heterocycles. The minimum absolute atomic E-state index is 0.00342. The van der Waals surface area contributed by atoms with Gasteiger partial charge in [0, 0.05) is 5.56 Å². The summed E-state index contributed by atoms with van der Waals surface area (Å²) in [7, 11) is 1.27. The van der Waals surface area contributed by atoms with Gasteiger partial charge in [0.2, 0.25) is 11.8 Å². The lowest BCUT2D eigenvalue weighted by Crippen LogP contribution is -2.13. The Bertz CT molecular complexity index is 1050. The largest absolute Gasteiger partial charge is 0.493 e. The zero-order chi connectivity index (χ0) is 22.2. The van der Waals surface area contributed by atoms with Gasteiger partial charge < -0.3 is 13.9 Å². The quantitative estimate of drug-likeness (QED) is 0.434. The molecule has 3 rings (SSSR count). The second-order valence-electron chi connectivity index (χ2n) is 6.06. The van der Waals surface area contributed by atoms with Gasteiger partial charge in [0.25, 0.3) is 0 Å². The lowest BCUT2D eigenvalue weighted by Gasteiger charge is -2.11. The van der Waals surface area contributed by atoms with E-state index in [0.717, 1.165) is 4.68 Å². The molecule has 2 heterocycles. The summed E-state index contributed by atoms with van der Waals surface area (Å²) in [5, 5.41) is 11.4. The first-order valence-electron chi connectivity index (χ1n) is 8.31. The molecule has 0 fully saturated rings. The normalized spacial score (nSPS) is 13.0. The Balaban J connectivity index is 1.92. The molecular formula is C17H14BrF5N4O3. The summed E-state index contributed by atoms with van der Waals surface area (Å²) >= 11 is 2.91. The minimum Gasteiger partial charge on any atom is -0.493 e. The molecule has 0 aliphatic heterocycles. The highest BCUT2D eigenvalue weighted by Gasteiger charge is 2.39. The third kappa shape index (κ3) is 4.25. The van der Waals surface area contributed by atoms with E-state index < -0.39 is 24.5 Å². The Hall–Kier alpha value is -2.70. The van der Waals surface area contributed by atoms with Crippen molar-refractivity contribution in [1.29, 1.82) is 0 Å². The molecule has 1 aromatic carbocycles. The Labute approximate surface area is 174 Å². The van der Waals surface area contributed by atoms with Crippen molar-refractivity contribution in [2.45, 2.75) is 32.7 Å². The number of alkyl halides is 5. The average Bonchev–Trinajstić information content (AvgIpc) is 3.27. The van der Waals surface area contributed by atoms with Gasteiger partial charge in [0.1, 0.15) is 6.04 Å². The van der Waals surface area contributed by atoms with Gasteiger partial charge in [-0.1, -0.05) is 0 Å². The van der Waals surface area contributed by atoms with Crippen LogP contribution in [0.4, 0.5) is 22.0 Å². The highest BCUT2D eigenvalue weighted by Crippen LogP contribution is 2.38. The molecule has 162 valence electrons. The molecule has 0 saturated carbocycles. The molecule has 3 aromatic rings. The lowest BCUT2D eigenvalue weighted by atomic mass is 10.2. The van der Waals surface area contributed by atoms with E-state index in [1.807, 2.05) is 0 Å². The number of halogens is 6. The fraction of sp³-hybridized carbons (Fsp3) is 0.353. The van der Waals surface area contributed by atoms with Crippen LogP contribution in [0.3, 0.4) is 0 Å². The van der Waals surface area contributed by atoms with Gasteiger partial charge in [0.15, 0.2) is 17.2 Å². The van der Waals surface area contributed by atoms with Crippen LogP contribution in [-0.4, -0.2) is 33.7 Å². The molecule has 0 saturated heterocycles. The fourth-order valence-electron chi connectivity index (χ4n) is 2.68. The number of rotatable bonds is 6. The van der Waals surface area contributed by atoms with E-state index in [2.05, 4.69) is 36.0 Å². The minimum atomic E-state index is -4.63. The van der Waals surface area contributed by atoms with Crippen LogP contribution in [0, 0.1) is 6.92 Å². The van der Waals surface area contributed by atoms with E-state index in [1.54, 1.807) is 6.92 Å². The molecule has 30 heavy (non-hydrogen) atoms. The zero-order valence-electron chi connectivity index (χ0n) is 15.7. The SMILES string of the molecule is COc1cc(-c2nnc(C(C)n3nc(C(F)(F)F)c(Br)c3C)o2)ccc1OC(F)F. The monoisotopic (exact) mass is 496 g/mol. The van der Waals surface area contributed by atoms with Gasteiger partial charge in [0.05, 0.1) is 17.3 Å². The van der Waals surface area contributed by atoms with Crippen LogP contribution in [0.5, 0.6) is 11.5 Å². The molecule has 0 amide bonds. The molecule has 7 nitrogen and oxygen atoms in total. The number of hydrogen-bond donors (Lipinski definition) is 0. The number of ether oxygens (including phenoxy) is 2. The molecule has 0 N–H and O–H groups in total. The molecular weight excluding hydrogens is 483 g/mol. The summed E-state index contributed by atoms with van der Waals surface area (Å²) in [6.45, 7) is -0.0182. The van der Waals surface area contributed by atoms with Crippen molar-refractivity contribution < 1.29 is 35.8 Å². The standard InChI is InChI=1S/C17H14BrF5N4O3/c1-7-12(18)13(17(21,22)23)26-27(7)8(2)14-24-25-15(30-14)9-4-5-10(29-16(19)20)11(6-9)28-3/h4-6,8,16H,1-3H3. The number of aromatic nitrogens is 4. The number of methoxy groups -OCH3 is 1. The van der Waals surface area contributed by atoms with Crippen molar-refractivity contribution in [1.82, 2.24) is 20.0 Å². The molecule has 0 aliphatic carbocycles. The van der Waals surface area contributed by atoms with Crippen LogP contribution < -0.4 is 9.47 Å². The maximum absolute atomic E-state index is 13.1. The second kappa shape index (κ2) is 8.20. The lowest BCUT2D eigenvalue weighted by molar-refractivity contribution is -0.142. The summed E-state index contributed by atoms with van der Waals surface area (Å²) in [6, 6.07) is 3.21. The molecule has 13 heteroatoms. The first-order valence-corrected chi connectivity index (χ1v) is 9.10. The average molecular weight is 497 g/mol. The molecule has 0 spiro atoms. The van der Waals surface area contributed by atoms with E-state index >= 15 is 0 Å². The van der Waals surface area contributed by atoms with Gasteiger partial charge >= 0.3 is 12.8 Å². The van der Waals surface area contributed by atoms with E-state index in [4.69, 9.17) is 9.15 Å². The van der Waals surface area contributed by atoms with Crippen LogP contribution in [0.2, 0.25) is 0 Å². The Kier molecular flexibility index (Phi) is 6.01. The van der Waals surface area contributed by atoms with Crippen molar-refractivity contribution in [2.75, 3.05) is 7.11 Å². The Morgan fingerprint density at radius 2 is 1.87 bits per heavy atom. The van der Waals surface area contributed by atoms with Crippen molar-refractivity contribution in [3.8, 4) is 23.0 Å². The van der Waals surface area contributed by atoms with Crippen LogP contribution in [0.15, 0.2) is 27.1 Å². The molecule has 1 unspecified atom stereocenters. The third-order valence-electron chi connectivity index (χ3n) is 4.14. The molecule has 0 aliphatic rings. The van der Waals surface area contributed by atoms with Gasteiger partial charge in [-0.3, -0.25) is 4.68 Å². The predicted octanol–water partition coefficient (Wildman–Crippen LogP) is 5.24. The van der Waals surface area contributed by atoms with Crippen LogP contribution in [0.25, 0.3) is 11.5 Å². The van der Waals surface area contributed by atoms with Gasteiger partial charge in [-0.25, -0.2) is 0 Å². The molecule has 0 radical (unpaired) electrons. The summed E-state index contributed by atoms with van der Waals surface area (Å²) in [4.78, 5) is 0. The molecule has 1 atom stereocenters. The van der Waals surface area contributed by atoms with E-state index in [0.29, 0.717) is 5.56 Å². The van der Waals surface area contributed by atoms with Crippen LogP contribution >= 0.6 is 15.9 Å². The summed E-state index contributed by atoms with van der Waals surface area (Å²) in [5.41, 5.74) is -0.496. The van der Waals surface area contributed by atoms with E-state index in [9.17, 15) is 22.0 Å². The summed E-state index contributed by atoms with van der Waals surface area (Å²) < 4.78 is 80.0. The first kappa shape index (κ1) is 22.0. The third-order valence-corrected chi connectivity index (χ3v) is 5.09. The van der Waals surface area contributed by atoms with Crippen molar-refractivity contribution in [2.24, 2.45) is 0 Å². The maximum atomic E-state index is 13.1.